The maximum absolute atomic E-state index is 13.8. The van der Waals surface area contributed by atoms with E-state index in [2.05, 4.69) is 0 Å². The highest BCUT2D eigenvalue weighted by Crippen LogP contribution is 2.22. The van der Waals surface area contributed by atoms with E-state index in [1.54, 1.807) is 20.8 Å². The Morgan fingerprint density at radius 3 is 2.33 bits per heavy atom. The lowest BCUT2D eigenvalue weighted by molar-refractivity contribution is 0.0143. The number of sulfone groups is 1. The Labute approximate surface area is 107 Å². The van der Waals surface area contributed by atoms with Crippen molar-refractivity contribution in [3.8, 4) is 0 Å². The van der Waals surface area contributed by atoms with Gasteiger partial charge >= 0.3 is 6.09 Å². The van der Waals surface area contributed by atoms with Crippen molar-refractivity contribution in [1.82, 2.24) is 4.90 Å². The summed E-state index contributed by atoms with van der Waals surface area (Å²) in [6.07, 6.45) is -1.02. The van der Waals surface area contributed by atoms with Crippen molar-refractivity contribution in [3.05, 3.63) is 0 Å². The number of carbonyl (C=O) groups is 1. The van der Waals surface area contributed by atoms with Crippen molar-refractivity contribution in [2.75, 3.05) is 19.3 Å². The summed E-state index contributed by atoms with van der Waals surface area (Å²) in [5.41, 5.74) is -0.642. The molecular weight excluding hydrogens is 261 g/mol. The van der Waals surface area contributed by atoms with Gasteiger partial charge in [-0.25, -0.2) is 17.6 Å². The molecule has 1 amide bonds. The minimum absolute atomic E-state index is 0.110. The van der Waals surface area contributed by atoms with Crippen LogP contribution in [-0.2, 0) is 14.6 Å². The highest BCUT2D eigenvalue weighted by atomic mass is 32.2. The summed E-state index contributed by atoms with van der Waals surface area (Å²) in [6.45, 7) is 5.14. The van der Waals surface area contributed by atoms with Gasteiger partial charge in [0.25, 0.3) is 0 Å². The smallest absolute Gasteiger partial charge is 0.410 e. The van der Waals surface area contributed by atoms with Crippen molar-refractivity contribution in [3.63, 3.8) is 0 Å². The molecule has 1 rings (SSSR count). The summed E-state index contributed by atoms with van der Waals surface area (Å²) in [5.74, 6) is 0. The standard InChI is InChI=1S/C11H20FNO4S/c1-11(2,3)17-10(14)13-6-5-9(8(12)7-13)18(4,15)16/h8-9H,5-7H2,1-4H3. The van der Waals surface area contributed by atoms with Gasteiger partial charge in [0.2, 0.25) is 0 Å². The van der Waals surface area contributed by atoms with Crippen LogP contribution in [0.5, 0.6) is 0 Å². The van der Waals surface area contributed by atoms with Crippen LogP contribution >= 0.6 is 0 Å². The minimum Gasteiger partial charge on any atom is -0.444 e. The predicted molar refractivity (Wildman–Crippen MR) is 66.0 cm³/mol. The summed E-state index contributed by atoms with van der Waals surface area (Å²) in [4.78, 5) is 12.9. The van der Waals surface area contributed by atoms with Gasteiger partial charge in [0.05, 0.1) is 11.8 Å². The molecule has 0 aromatic carbocycles. The lowest BCUT2D eigenvalue weighted by Crippen LogP contribution is -2.50. The van der Waals surface area contributed by atoms with Crippen LogP contribution in [0.3, 0.4) is 0 Å². The number of hydrogen-bond acceptors (Lipinski definition) is 4. The summed E-state index contributed by atoms with van der Waals surface area (Å²) in [6, 6.07) is 0. The molecule has 18 heavy (non-hydrogen) atoms. The molecule has 1 saturated heterocycles. The third-order valence-electron chi connectivity index (χ3n) is 2.68. The van der Waals surface area contributed by atoms with Crippen LogP contribution < -0.4 is 0 Å². The third-order valence-corrected chi connectivity index (χ3v) is 4.31. The Hall–Kier alpha value is -0.850. The molecule has 1 aliphatic rings. The van der Waals surface area contributed by atoms with Gasteiger partial charge in [-0.3, -0.25) is 0 Å². The maximum atomic E-state index is 13.8. The molecule has 7 heteroatoms. The van der Waals surface area contributed by atoms with Crippen LogP contribution in [0.15, 0.2) is 0 Å². The molecule has 2 unspecified atom stereocenters. The first kappa shape index (κ1) is 15.2. The maximum Gasteiger partial charge on any atom is 0.410 e. The zero-order chi connectivity index (χ0) is 14.1. The summed E-state index contributed by atoms with van der Waals surface area (Å²) < 4.78 is 41.5. The van der Waals surface area contributed by atoms with E-state index in [9.17, 15) is 17.6 Å². The van der Waals surface area contributed by atoms with Gasteiger partial charge < -0.3 is 9.64 Å². The number of amides is 1. The van der Waals surface area contributed by atoms with Gasteiger partial charge in [-0.2, -0.15) is 0 Å². The zero-order valence-electron chi connectivity index (χ0n) is 11.1. The molecule has 0 aromatic rings. The Morgan fingerprint density at radius 2 is 1.94 bits per heavy atom. The zero-order valence-corrected chi connectivity index (χ0v) is 12.0. The van der Waals surface area contributed by atoms with E-state index in [1.165, 1.54) is 4.90 Å². The largest absolute Gasteiger partial charge is 0.444 e. The van der Waals surface area contributed by atoms with Crippen molar-refractivity contribution in [2.24, 2.45) is 0 Å². The molecule has 0 saturated carbocycles. The second-order valence-corrected chi connectivity index (χ2v) is 7.86. The minimum atomic E-state index is -3.41. The number of ether oxygens (including phenoxy) is 1. The molecule has 0 radical (unpaired) electrons. The van der Waals surface area contributed by atoms with E-state index in [0.717, 1.165) is 6.26 Å². The van der Waals surface area contributed by atoms with E-state index < -0.39 is 33.0 Å². The number of nitrogens with zero attached hydrogens (tertiary/aromatic N) is 1. The van der Waals surface area contributed by atoms with Crippen LogP contribution in [-0.4, -0.2) is 55.8 Å². The number of hydrogen-bond donors (Lipinski definition) is 0. The number of piperidine rings is 1. The predicted octanol–water partition coefficient (Wildman–Crippen LogP) is 1.38. The Balaban J connectivity index is 2.64. The van der Waals surface area contributed by atoms with Gasteiger partial charge in [-0.1, -0.05) is 0 Å². The van der Waals surface area contributed by atoms with Crippen LogP contribution in [0.1, 0.15) is 27.2 Å². The first-order valence-corrected chi connectivity index (χ1v) is 7.77. The van der Waals surface area contributed by atoms with Crippen molar-refractivity contribution in [1.29, 1.82) is 0 Å². The van der Waals surface area contributed by atoms with Gasteiger partial charge in [-0.15, -0.1) is 0 Å². The SMILES string of the molecule is CC(C)(C)OC(=O)N1CCC(S(C)(=O)=O)C(F)C1. The Kier molecular flexibility index (Phi) is 4.25. The molecular formula is C11H20FNO4S. The molecule has 1 heterocycles. The van der Waals surface area contributed by atoms with E-state index in [0.29, 0.717) is 0 Å². The molecule has 5 nitrogen and oxygen atoms in total. The van der Waals surface area contributed by atoms with Crippen molar-refractivity contribution < 1.29 is 22.3 Å². The van der Waals surface area contributed by atoms with Crippen LogP contribution in [0.4, 0.5) is 9.18 Å². The third kappa shape index (κ3) is 4.12. The number of carbonyl (C=O) groups excluding carboxylic acids is 1. The van der Waals surface area contributed by atoms with E-state index >= 15 is 0 Å². The number of rotatable bonds is 1. The lowest BCUT2D eigenvalue weighted by atomic mass is 10.1. The highest BCUT2D eigenvalue weighted by molar-refractivity contribution is 7.91. The first-order valence-electron chi connectivity index (χ1n) is 5.81. The van der Waals surface area contributed by atoms with Crippen LogP contribution in [0, 0.1) is 0 Å². The molecule has 0 aliphatic carbocycles. The molecule has 2 atom stereocenters. The van der Waals surface area contributed by atoms with Gasteiger partial charge in [0.15, 0.2) is 9.84 Å². The normalized spacial score (nSPS) is 25.9. The highest BCUT2D eigenvalue weighted by Gasteiger charge is 2.38. The molecule has 1 fully saturated rings. The second-order valence-electron chi connectivity index (χ2n) is 5.60. The van der Waals surface area contributed by atoms with Crippen LogP contribution in [0.25, 0.3) is 0 Å². The molecule has 0 aromatic heterocycles. The second kappa shape index (κ2) is 5.03. The number of alkyl halides is 1. The molecule has 0 spiro atoms. The molecule has 0 N–H and O–H groups in total. The fourth-order valence-corrected chi connectivity index (χ4v) is 3.01. The number of likely N-dealkylation sites (tertiary alicyclic amines) is 1. The summed E-state index contributed by atoms with van der Waals surface area (Å²) >= 11 is 0. The average molecular weight is 281 g/mol. The molecule has 1 aliphatic heterocycles. The Bertz CT molecular complexity index is 415. The van der Waals surface area contributed by atoms with Crippen molar-refractivity contribution in [2.45, 2.75) is 44.2 Å². The monoisotopic (exact) mass is 281 g/mol. The van der Waals surface area contributed by atoms with E-state index in [1.807, 2.05) is 0 Å². The van der Waals surface area contributed by atoms with E-state index in [-0.39, 0.29) is 19.5 Å². The average Bonchev–Trinajstić information content (AvgIpc) is 2.12. The topological polar surface area (TPSA) is 63.7 Å². The van der Waals surface area contributed by atoms with Gasteiger partial charge in [0.1, 0.15) is 11.8 Å². The van der Waals surface area contributed by atoms with Crippen LogP contribution in [0.2, 0.25) is 0 Å². The molecule has 0 bridgehead atoms. The summed E-state index contributed by atoms with van der Waals surface area (Å²) in [5, 5.41) is -1.02. The quantitative estimate of drug-likeness (QED) is 0.728. The van der Waals surface area contributed by atoms with Crippen molar-refractivity contribution >= 4 is 15.9 Å². The van der Waals surface area contributed by atoms with E-state index in [4.69, 9.17) is 4.74 Å². The van der Waals surface area contributed by atoms with Gasteiger partial charge in [-0.05, 0) is 27.2 Å². The first-order chi connectivity index (χ1) is 8.00. The summed E-state index contributed by atoms with van der Waals surface area (Å²) in [7, 11) is -3.41. The lowest BCUT2D eigenvalue weighted by Gasteiger charge is -2.34. The molecule has 106 valence electrons. The fourth-order valence-electron chi connectivity index (χ4n) is 1.86. The Morgan fingerprint density at radius 1 is 1.39 bits per heavy atom. The number of halogens is 1. The van der Waals surface area contributed by atoms with Gasteiger partial charge in [0, 0.05) is 12.8 Å². The fraction of sp³-hybridized carbons (Fsp3) is 0.909.